The van der Waals surface area contributed by atoms with Crippen LogP contribution in [-0.2, 0) is 20.4 Å². The molecular weight excluding hydrogens is 408 g/mol. The van der Waals surface area contributed by atoms with Crippen molar-refractivity contribution in [3.05, 3.63) is 65.0 Å². The molecule has 0 atom stereocenters. The summed E-state index contributed by atoms with van der Waals surface area (Å²) in [4.78, 5) is 16.6. The molecule has 0 unspecified atom stereocenters. The molecule has 0 aliphatic carbocycles. The average molecular weight is 431 g/mol. The Labute approximate surface area is 174 Å². The highest BCUT2D eigenvalue weighted by molar-refractivity contribution is 7.90. The lowest BCUT2D eigenvalue weighted by atomic mass is 10.1. The molecule has 8 heteroatoms. The first kappa shape index (κ1) is 21.0. The van der Waals surface area contributed by atoms with Crippen LogP contribution in [0.15, 0.2) is 53.9 Å². The zero-order valence-corrected chi connectivity index (χ0v) is 17.8. The van der Waals surface area contributed by atoms with Crippen LogP contribution in [-0.4, -0.2) is 32.2 Å². The zero-order valence-electron chi connectivity index (χ0n) is 16.2. The quantitative estimate of drug-likeness (QED) is 0.582. The number of hydrogen-bond acceptors (Lipinski definition) is 6. The number of aryl methyl sites for hydroxylation is 1. The number of nitrogens with one attached hydrogen (secondary N) is 1. The smallest absolute Gasteiger partial charge is 0.227 e. The Kier molecular flexibility index (Phi) is 6.66. The molecule has 1 aromatic heterocycles. The van der Waals surface area contributed by atoms with Gasteiger partial charge in [0, 0.05) is 17.4 Å². The third-order valence-corrected chi connectivity index (χ3v) is 6.67. The van der Waals surface area contributed by atoms with E-state index < -0.39 is 9.84 Å². The number of carbonyl (C=O) groups excluding carboxylic acids is 1. The van der Waals surface area contributed by atoms with Crippen molar-refractivity contribution in [1.29, 1.82) is 0 Å². The summed E-state index contributed by atoms with van der Waals surface area (Å²) in [6, 6.07) is 14.7. The first-order valence-corrected chi connectivity index (χ1v) is 11.7. The fraction of sp³-hybridized carbons (Fsp3) is 0.238. The number of ether oxygens (including phenoxy) is 1. The molecule has 1 heterocycles. The molecule has 1 N–H and O–H groups in total. The number of hydrogen-bond donors (Lipinski definition) is 1. The van der Waals surface area contributed by atoms with E-state index >= 15 is 0 Å². The van der Waals surface area contributed by atoms with Crippen LogP contribution in [0.25, 0.3) is 11.3 Å². The first-order chi connectivity index (χ1) is 13.9. The summed E-state index contributed by atoms with van der Waals surface area (Å²) >= 11 is 1.30. The van der Waals surface area contributed by atoms with Gasteiger partial charge in [0.1, 0.15) is 5.75 Å². The topological polar surface area (TPSA) is 85.4 Å². The first-order valence-electron chi connectivity index (χ1n) is 9.01. The van der Waals surface area contributed by atoms with Gasteiger partial charge in [0.15, 0.2) is 15.0 Å². The van der Waals surface area contributed by atoms with Crippen molar-refractivity contribution < 1.29 is 17.9 Å². The number of aromatic nitrogens is 1. The minimum absolute atomic E-state index is 0.0701. The van der Waals surface area contributed by atoms with Crippen molar-refractivity contribution in [2.24, 2.45) is 0 Å². The van der Waals surface area contributed by atoms with E-state index in [1.54, 1.807) is 31.4 Å². The number of sulfone groups is 1. The van der Waals surface area contributed by atoms with E-state index in [1.807, 2.05) is 36.6 Å². The molecule has 152 valence electrons. The van der Waals surface area contributed by atoms with E-state index in [0.29, 0.717) is 10.7 Å². The number of benzene rings is 2. The van der Waals surface area contributed by atoms with Gasteiger partial charge in [-0.1, -0.05) is 30.3 Å². The fourth-order valence-corrected chi connectivity index (χ4v) is 4.91. The Morgan fingerprint density at radius 3 is 2.62 bits per heavy atom. The van der Waals surface area contributed by atoms with Crippen LogP contribution in [0, 0.1) is 6.92 Å². The van der Waals surface area contributed by atoms with Crippen molar-refractivity contribution in [1.82, 2.24) is 4.98 Å². The average Bonchev–Trinajstić information content (AvgIpc) is 3.15. The summed E-state index contributed by atoms with van der Waals surface area (Å²) in [7, 11) is -1.74. The van der Waals surface area contributed by atoms with Crippen LogP contribution < -0.4 is 10.1 Å². The summed E-state index contributed by atoms with van der Waals surface area (Å²) in [6.45, 7) is 1.95. The Balaban J connectivity index is 1.57. The number of rotatable bonds is 8. The molecule has 3 rings (SSSR count). The van der Waals surface area contributed by atoms with Crippen molar-refractivity contribution in [3.8, 4) is 17.0 Å². The highest BCUT2D eigenvalue weighted by Crippen LogP contribution is 2.28. The number of carbonyl (C=O) groups is 1. The van der Waals surface area contributed by atoms with Gasteiger partial charge in [-0.15, -0.1) is 11.3 Å². The molecule has 0 fully saturated rings. The molecule has 0 bridgehead atoms. The summed E-state index contributed by atoms with van der Waals surface area (Å²) in [5.41, 5.74) is 3.37. The standard InChI is InChI=1S/C21H22N2O4S2/c1-15-12-17(8-9-19(15)27-2)18-13-28-21(22-18)23-20(24)10-11-29(25,26)14-16-6-4-3-5-7-16/h3-9,12-13H,10-11,14H2,1-2H3,(H,22,23,24). The van der Waals surface area contributed by atoms with Crippen molar-refractivity contribution in [2.75, 3.05) is 18.2 Å². The summed E-state index contributed by atoms with van der Waals surface area (Å²) in [5, 5.41) is 4.98. The molecule has 29 heavy (non-hydrogen) atoms. The molecule has 2 aromatic carbocycles. The Hall–Kier alpha value is -2.71. The molecule has 0 spiro atoms. The van der Waals surface area contributed by atoms with Crippen molar-refractivity contribution >= 4 is 32.2 Å². The molecule has 0 saturated carbocycles. The number of anilines is 1. The normalized spacial score (nSPS) is 11.2. The second-order valence-electron chi connectivity index (χ2n) is 6.60. The Bertz CT molecular complexity index is 1090. The summed E-state index contributed by atoms with van der Waals surface area (Å²) in [6.07, 6.45) is -0.105. The van der Waals surface area contributed by atoms with E-state index in [-0.39, 0.29) is 23.8 Å². The van der Waals surface area contributed by atoms with Crippen LogP contribution >= 0.6 is 11.3 Å². The molecule has 0 aliphatic heterocycles. The molecule has 1 amide bonds. The van der Waals surface area contributed by atoms with Gasteiger partial charge >= 0.3 is 0 Å². The van der Waals surface area contributed by atoms with E-state index in [1.165, 1.54) is 11.3 Å². The van der Waals surface area contributed by atoms with Gasteiger partial charge in [-0.2, -0.15) is 0 Å². The second kappa shape index (κ2) is 9.19. The van der Waals surface area contributed by atoms with Gasteiger partial charge in [0.2, 0.25) is 5.91 Å². The van der Waals surface area contributed by atoms with Gasteiger partial charge in [-0.25, -0.2) is 13.4 Å². The molecule has 0 radical (unpaired) electrons. The molecule has 0 saturated heterocycles. The maximum absolute atomic E-state index is 12.2. The SMILES string of the molecule is COc1ccc(-c2csc(NC(=O)CCS(=O)(=O)Cc3ccccc3)n2)cc1C. The van der Waals surface area contributed by atoms with E-state index in [0.717, 1.165) is 22.6 Å². The van der Waals surface area contributed by atoms with Gasteiger partial charge in [0.25, 0.3) is 0 Å². The lowest BCUT2D eigenvalue weighted by molar-refractivity contribution is -0.115. The maximum atomic E-state index is 12.2. The number of amides is 1. The van der Waals surface area contributed by atoms with Crippen LogP contribution in [0.5, 0.6) is 5.75 Å². The minimum atomic E-state index is -3.36. The lowest BCUT2D eigenvalue weighted by Crippen LogP contribution is -2.18. The molecular formula is C21H22N2O4S2. The fourth-order valence-electron chi connectivity index (χ4n) is 2.83. The third-order valence-electron chi connectivity index (χ3n) is 4.31. The van der Waals surface area contributed by atoms with Crippen molar-refractivity contribution in [3.63, 3.8) is 0 Å². The van der Waals surface area contributed by atoms with E-state index in [2.05, 4.69) is 10.3 Å². The highest BCUT2D eigenvalue weighted by atomic mass is 32.2. The largest absolute Gasteiger partial charge is 0.496 e. The molecule has 3 aromatic rings. The molecule has 6 nitrogen and oxygen atoms in total. The number of methoxy groups -OCH3 is 1. The van der Waals surface area contributed by atoms with Crippen LogP contribution in [0.1, 0.15) is 17.5 Å². The van der Waals surface area contributed by atoms with Gasteiger partial charge in [-0.3, -0.25) is 4.79 Å². The Morgan fingerprint density at radius 2 is 1.93 bits per heavy atom. The van der Waals surface area contributed by atoms with E-state index in [4.69, 9.17) is 4.74 Å². The van der Waals surface area contributed by atoms with Gasteiger partial charge in [-0.05, 0) is 36.2 Å². The van der Waals surface area contributed by atoms with Crippen LogP contribution in [0.3, 0.4) is 0 Å². The summed E-state index contributed by atoms with van der Waals surface area (Å²) in [5.74, 6) is 0.158. The predicted molar refractivity (Wildman–Crippen MR) is 116 cm³/mol. The van der Waals surface area contributed by atoms with Crippen LogP contribution in [0.4, 0.5) is 5.13 Å². The minimum Gasteiger partial charge on any atom is -0.496 e. The number of thiazole rings is 1. The van der Waals surface area contributed by atoms with Crippen LogP contribution in [0.2, 0.25) is 0 Å². The molecule has 0 aliphatic rings. The Morgan fingerprint density at radius 1 is 1.17 bits per heavy atom. The maximum Gasteiger partial charge on any atom is 0.227 e. The zero-order chi connectivity index (χ0) is 20.9. The van der Waals surface area contributed by atoms with E-state index in [9.17, 15) is 13.2 Å². The summed E-state index contributed by atoms with van der Waals surface area (Å²) < 4.78 is 29.7. The number of nitrogens with zero attached hydrogens (tertiary/aromatic N) is 1. The predicted octanol–water partition coefficient (Wildman–Crippen LogP) is 4.07. The monoisotopic (exact) mass is 430 g/mol. The second-order valence-corrected chi connectivity index (χ2v) is 9.64. The van der Waals surface area contributed by atoms with Gasteiger partial charge in [0.05, 0.1) is 24.3 Å². The third kappa shape index (κ3) is 5.88. The van der Waals surface area contributed by atoms with Crippen molar-refractivity contribution in [2.45, 2.75) is 19.1 Å². The van der Waals surface area contributed by atoms with Gasteiger partial charge < -0.3 is 10.1 Å². The highest BCUT2D eigenvalue weighted by Gasteiger charge is 2.16. The lowest BCUT2D eigenvalue weighted by Gasteiger charge is -2.06.